The van der Waals surface area contributed by atoms with Crippen LogP contribution in [0.4, 0.5) is 0 Å². The van der Waals surface area contributed by atoms with E-state index in [0.29, 0.717) is 17.1 Å². The molecule has 0 aromatic heterocycles. The Morgan fingerprint density at radius 3 is 2.48 bits per heavy atom. The van der Waals surface area contributed by atoms with Gasteiger partial charge in [-0.3, -0.25) is 0 Å². The number of nitrogens with zero attached hydrogens (tertiary/aromatic N) is 1. The molecule has 0 amide bonds. The van der Waals surface area contributed by atoms with E-state index in [0.717, 1.165) is 6.54 Å². The van der Waals surface area contributed by atoms with Gasteiger partial charge in [0.15, 0.2) is 0 Å². The lowest BCUT2D eigenvalue weighted by atomic mass is 10.2. The Hall–Kier alpha value is -0.770. The van der Waals surface area contributed by atoms with Crippen LogP contribution in [0.3, 0.4) is 0 Å². The van der Waals surface area contributed by atoms with Gasteiger partial charge in [-0.25, -0.2) is 8.42 Å². The van der Waals surface area contributed by atoms with Crippen LogP contribution in [0.2, 0.25) is 10.0 Å². The van der Waals surface area contributed by atoms with Crippen LogP contribution < -0.4 is 5.32 Å². The molecule has 1 N–H and O–H groups in total. The maximum atomic E-state index is 12.6. The van der Waals surface area contributed by atoms with Crippen LogP contribution in [0.25, 0.3) is 0 Å². The average Bonchev–Trinajstić information content (AvgIpc) is 2.43. The van der Waals surface area contributed by atoms with Gasteiger partial charge in [0.1, 0.15) is 4.90 Å². The van der Waals surface area contributed by atoms with Gasteiger partial charge in [0.25, 0.3) is 0 Å². The quantitative estimate of drug-likeness (QED) is 0.770. The Bertz CT molecular complexity index is 639. The number of halogens is 2. The van der Waals surface area contributed by atoms with Crippen LogP contribution in [0, 0.1) is 12.3 Å². The smallest absolute Gasteiger partial charge is 0.245 e. The highest BCUT2D eigenvalue weighted by Gasteiger charge is 2.26. The molecule has 4 nitrogen and oxygen atoms in total. The Kier molecular flexibility index (Phi) is 6.98. The predicted molar refractivity (Wildman–Crippen MR) is 87.1 cm³/mol. The van der Waals surface area contributed by atoms with E-state index in [1.807, 2.05) is 6.92 Å². The Labute approximate surface area is 136 Å². The highest BCUT2D eigenvalue weighted by atomic mass is 35.5. The molecule has 7 heteroatoms. The second-order valence-electron chi connectivity index (χ2n) is 4.29. The van der Waals surface area contributed by atoms with Crippen molar-refractivity contribution in [1.29, 1.82) is 0 Å². The maximum absolute atomic E-state index is 12.6. The van der Waals surface area contributed by atoms with Gasteiger partial charge in [0, 0.05) is 18.1 Å². The van der Waals surface area contributed by atoms with Crippen molar-refractivity contribution in [2.24, 2.45) is 0 Å². The summed E-state index contributed by atoms with van der Waals surface area (Å²) in [5.41, 5.74) is 0.679. The molecular formula is C14H18Cl2N2O2S. The summed E-state index contributed by atoms with van der Waals surface area (Å²) in [5.74, 6) is 2.34. The lowest BCUT2D eigenvalue weighted by Crippen LogP contribution is -2.31. The Morgan fingerprint density at radius 1 is 1.29 bits per heavy atom. The molecule has 0 saturated heterocycles. The van der Waals surface area contributed by atoms with Crippen LogP contribution >= 0.6 is 23.2 Å². The SMILES string of the molecule is C#CCN(CC)S(=O)(=O)c1cc(CNCC)c(Cl)cc1Cl. The van der Waals surface area contributed by atoms with Crippen molar-refractivity contribution in [2.45, 2.75) is 25.3 Å². The first-order valence-corrected chi connectivity index (χ1v) is 8.70. The fourth-order valence-corrected chi connectivity index (χ4v) is 3.97. The molecule has 0 bridgehead atoms. The molecule has 0 aliphatic heterocycles. The summed E-state index contributed by atoms with van der Waals surface area (Å²) in [7, 11) is -3.74. The molecule has 0 fully saturated rings. The second-order valence-corrected chi connectivity index (χ2v) is 7.01. The van der Waals surface area contributed by atoms with Gasteiger partial charge in [-0.15, -0.1) is 6.42 Å². The monoisotopic (exact) mass is 348 g/mol. The molecule has 0 radical (unpaired) electrons. The first kappa shape index (κ1) is 18.3. The van der Waals surface area contributed by atoms with E-state index < -0.39 is 10.0 Å². The molecule has 0 heterocycles. The zero-order valence-corrected chi connectivity index (χ0v) is 14.3. The summed E-state index contributed by atoms with van der Waals surface area (Å²) in [6.45, 7) is 5.16. The molecule has 116 valence electrons. The summed E-state index contributed by atoms with van der Waals surface area (Å²) >= 11 is 12.2. The highest BCUT2D eigenvalue weighted by Crippen LogP contribution is 2.30. The molecule has 0 atom stereocenters. The van der Waals surface area contributed by atoms with Gasteiger partial charge in [-0.1, -0.05) is 43.0 Å². The van der Waals surface area contributed by atoms with Crippen molar-refractivity contribution in [3.8, 4) is 12.3 Å². The average molecular weight is 349 g/mol. The molecule has 0 aliphatic carbocycles. The summed E-state index contributed by atoms with van der Waals surface area (Å²) in [6.07, 6.45) is 5.22. The minimum Gasteiger partial charge on any atom is -0.313 e. The molecule has 0 unspecified atom stereocenters. The zero-order valence-electron chi connectivity index (χ0n) is 12.0. The summed E-state index contributed by atoms with van der Waals surface area (Å²) in [4.78, 5) is 0.0265. The largest absolute Gasteiger partial charge is 0.313 e. The van der Waals surface area contributed by atoms with E-state index >= 15 is 0 Å². The molecule has 1 aromatic carbocycles. The van der Waals surface area contributed by atoms with E-state index in [-0.39, 0.29) is 23.0 Å². The number of nitrogens with one attached hydrogen (secondary N) is 1. The van der Waals surface area contributed by atoms with Gasteiger partial charge in [0.2, 0.25) is 10.0 Å². The zero-order chi connectivity index (χ0) is 16.0. The molecule has 0 saturated carbocycles. The van der Waals surface area contributed by atoms with Crippen LogP contribution in [0.5, 0.6) is 0 Å². The number of sulfonamides is 1. The summed E-state index contributed by atoms with van der Waals surface area (Å²) in [6, 6.07) is 2.95. The van der Waals surface area contributed by atoms with Gasteiger partial charge < -0.3 is 5.32 Å². The second kappa shape index (κ2) is 8.02. The van der Waals surface area contributed by atoms with Gasteiger partial charge in [0.05, 0.1) is 11.6 Å². The van der Waals surface area contributed by atoms with Gasteiger partial charge >= 0.3 is 0 Å². The lowest BCUT2D eigenvalue weighted by Gasteiger charge is -2.19. The number of hydrogen-bond donors (Lipinski definition) is 1. The first-order valence-electron chi connectivity index (χ1n) is 6.50. The fourth-order valence-electron chi connectivity index (χ4n) is 1.77. The van der Waals surface area contributed by atoms with Crippen molar-refractivity contribution in [3.63, 3.8) is 0 Å². The summed E-state index contributed by atoms with van der Waals surface area (Å²) in [5, 5.41) is 3.63. The standard InChI is InChI=1S/C14H18Cl2N2O2S/c1-4-7-18(6-3)21(19,20)14-8-11(10-17-5-2)12(15)9-13(14)16/h1,8-9,17H,5-7,10H2,2-3H3. The molecule has 1 rings (SSSR count). The van der Waals surface area contributed by atoms with E-state index in [4.69, 9.17) is 29.6 Å². The van der Waals surface area contributed by atoms with Crippen molar-refractivity contribution in [3.05, 3.63) is 27.7 Å². The Morgan fingerprint density at radius 2 is 1.95 bits per heavy atom. The Balaban J connectivity index is 3.31. The number of hydrogen-bond acceptors (Lipinski definition) is 3. The van der Waals surface area contributed by atoms with Gasteiger partial charge in [-0.05, 0) is 24.2 Å². The summed E-state index contributed by atoms with van der Waals surface area (Å²) < 4.78 is 26.4. The molecule has 0 spiro atoms. The van der Waals surface area contributed by atoms with Crippen LogP contribution in [-0.4, -0.2) is 32.4 Å². The van der Waals surface area contributed by atoms with E-state index in [1.54, 1.807) is 6.92 Å². The van der Waals surface area contributed by atoms with Crippen molar-refractivity contribution in [2.75, 3.05) is 19.6 Å². The molecule has 0 aliphatic rings. The molecule has 21 heavy (non-hydrogen) atoms. The number of rotatable bonds is 7. The van der Waals surface area contributed by atoms with E-state index in [9.17, 15) is 8.42 Å². The van der Waals surface area contributed by atoms with Crippen LogP contribution in [0.15, 0.2) is 17.0 Å². The predicted octanol–water partition coefficient (Wildman–Crippen LogP) is 2.75. The number of terminal acetylenes is 1. The minimum absolute atomic E-state index is 0.000329. The van der Waals surface area contributed by atoms with Crippen molar-refractivity contribution >= 4 is 33.2 Å². The van der Waals surface area contributed by atoms with Crippen LogP contribution in [0.1, 0.15) is 19.4 Å². The van der Waals surface area contributed by atoms with Crippen molar-refractivity contribution in [1.82, 2.24) is 9.62 Å². The lowest BCUT2D eigenvalue weighted by molar-refractivity contribution is 0.464. The third kappa shape index (κ3) is 4.35. The first-order chi connectivity index (χ1) is 9.88. The third-order valence-electron chi connectivity index (χ3n) is 2.90. The van der Waals surface area contributed by atoms with Gasteiger partial charge in [-0.2, -0.15) is 4.31 Å². The minimum atomic E-state index is -3.74. The van der Waals surface area contributed by atoms with E-state index in [2.05, 4.69) is 11.2 Å². The molecular weight excluding hydrogens is 331 g/mol. The topological polar surface area (TPSA) is 49.4 Å². The van der Waals surface area contributed by atoms with Crippen molar-refractivity contribution < 1.29 is 8.42 Å². The fraction of sp³-hybridized carbons (Fsp3) is 0.429. The van der Waals surface area contributed by atoms with E-state index in [1.165, 1.54) is 16.4 Å². The molecule has 1 aromatic rings. The third-order valence-corrected chi connectivity index (χ3v) is 5.64. The number of benzene rings is 1. The van der Waals surface area contributed by atoms with Crippen LogP contribution in [-0.2, 0) is 16.6 Å². The highest BCUT2D eigenvalue weighted by molar-refractivity contribution is 7.89. The maximum Gasteiger partial charge on any atom is 0.245 e. The normalized spacial score (nSPS) is 11.6.